The number of anilines is 3. The molecule has 0 N–H and O–H groups in total. The zero-order chi connectivity index (χ0) is 39.1. The lowest BCUT2D eigenvalue weighted by Gasteiger charge is -2.26. The standard InChI is InChI=1S/C55H36N4/c1-2-10-41(11-3-1)55-54-45(13-8-32-56-54)35-53(58-55)40-22-29-49(30-23-40)59(48-27-20-38(21-28-48)46-34-44-12-5-7-15-52(44)57-36-46)47-25-18-37(19-26-47)42-24-31-51-43(33-42)17-16-39-9-4-6-14-50(39)51/h1-36H. The average Bonchev–Trinajstić information content (AvgIpc) is 3.32. The molecule has 0 spiro atoms. The normalized spacial score (nSPS) is 11.4. The number of benzene rings is 8. The third-order valence-corrected chi connectivity index (χ3v) is 11.3. The molecule has 0 aliphatic rings. The Labute approximate surface area is 342 Å². The molecule has 11 rings (SSSR count). The lowest BCUT2D eigenvalue weighted by atomic mass is 9.97. The number of hydrogen-bond acceptors (Lipinski definition) is 4. The lowest BCUT2D eigenvalue weighted by molar-refractivity contribution is 1.28. The molecule has 8 aromatic carbocycles. The fourth-order valence-corrected chi connectivity index (χ4v) is 8.29. The summed E-state index contributed by atoms with van der Waals surface area (Å²) in [7, 11) is 0. The van der Waals surface area contributed by atoms with E-state index in [0.29, 0.717) is 0 Å². The van der Waals surface area contributed by atoms with Crippen molar-refractivity contribution in [3.05, 3.63) is 219 Å². The molecule has 0 amide bonds. The van der Waals surface area contributed by atoms with Crippen molar-refractivity contribution in [1.82, 2.24) is 15.0 Å². The fourth-order valence-electron chi connectivity index (χ4n) is 8.29. The van der Waals surface area contributed by atoms with Crippen LogP contribution in [0.25, 0.3) is 88.1 Å². The minimum atomic E-state index is 0.881. The molecule has 0 saturated carbocycles. The van der Waals surface area contributed by atoms with Gasteiger partial charge in [-0.15, -0.1) is 0 Å². The summed E-state index contributed by atoms with van der Waals surface area (Å²) in [6.45, 7) is 0. The summed E-state index contributed by atoms with van der Waals surface area (Å²) in [4.78, 5) is 16.9. The number of para-hydroxylation sites is 1. The van der Waals surface area contributed by atoms with Crippen molar-refractivity contribution in [3.63, 3.8) is 0 Å². The number of rotatable bonds is 7. The molecule has 4 heteroatoms. The molecule has 0 fully saturated rings. The molecule has 11 aromatic rings. The van der Waals surface area contributed by atoms with Gasteiger partial charge in [0.15, 0.2) is 0 Å². The van der Waals surface area contributed by atoms with Crippen LogP contribution < -0.4 is 4.90 Å². The molecule has 0 atom stereocenters. The van der Waals surface area contributed by atoms with E-state index in [0.717, 1.165) is 72.5 Å². The molecule has 0 radical (unpaired) electrons. The van der Waals surface area contributed by atoms with E-state index in [4.69, 9.17) is 15.0 Å². The van der Waals surface area contributed by atoms with Crippen LogP contribution in [-0.2, 0) is 0 Å². The molecular formula is C55H36N4. The minimum Gasteiger partial charge on any atom is -0.311 e. The van der Waals surface area contributed by atoms with Crippen LogP contribution in [0.1, 0.15) is 0 Å². The predicted molar refractivity (Wildman–Crippen MR) is 246 cm³/mol. The quantitative estimate of drug-likeness (QED) is 0.152. The Morgan fingerprint density at radius 2 is 0.915 bits per heavy atom. The van der Waals surface area contributed by atoms with Crippen LogP contribution in [0.5, 0.6) is 0 Å². The monoisotopic (exact) mass is 752 g/mol. The van der Waals surface area contributed by atoms with Gasteiger partial charge in [0.2, 0.25) is 0 Å². The van der Waals surface area contributed by atoms with Crippen molar-refractivity contribution in [2.75, 3.05) is 4.90 Å². The highest BCUT2D eigenvalue weighted by Gasteiger charge is 2.16. The van der Waals surface area contributed by atoms with Crippen LogP contribution in [0, 0.1) is 0 Å². The Morgan fingerprint density at radius 1 is 0.339 bits per heavy atom. The maximum absolute atomic E-state index is 5.18. The van der Waals surface area contributed by atoms with Crippen molar-refractivity contribution >= 4 is 60.4 Å². The van der Waals surface area contributed by atoms with Crippen molar-refractivity contribution in [3.8, 4) is 44.8 Å². The van der Waals surface area contributed by atoms with Gasteiger partial charge in [0, 0.05) is 56.9 Å². The summed E-state index contributed by atoms with van der Waals surface area (Å²) in [5.74, 6) is 0. The molecule has 59 heavy (non-hydrogen) atoms. The molecule has 0 bridgehead atoms. The number of nitrogens with zero attached hydrogens (tertiary/aromatic N) is 4. The van der Waals surface area contributed by atoms with Crippen molar-refractivity contribution in [2.24, 2.45) is 0 Å². The maximum Gasteiger partial charge on any atom is 0.0972 e. The van der Waals surface area contributed by atoms with Crippen LogP contribution in [0.4, 0.5) is 17.1 Å². The van der Waals surface area contributed by atoms with Gasteiger partial charge in [-0.3, -0.25) is 9.97 Å². The van der Waals surface area contributed by atoms with Gasteiger partial charge in [-0.05, 0) is 105 Å². The molecule has 0 aliphatic carbocycles. The average molecular weight is 753 g/mol. The number of pyridine rings is 3. The van der Waals surface area contributed by atoms with Crippen LogP contribution in [0.2, 0.25) is 0 Å². The molecule has 0 unspecified atom stereocenters. The van der Waals surface area contributed by atoms with Gasteiger partial charge < -0.3 is 4.90 Å². The predicted octanol–water partition coefficient (Wildman–Crippen LogP) is 14.6. The van der Waals surface area contributed by atoms with E-state index in [-0.39, 0.29) is 0 Å². The Balaban J connectivity index is 0.973. The molecular weight excluding hydrogens is 717 g/mol. The third-order valence-electron chi connectivity index (χ3n) is 11.3. The van der Waals surface area contributed by atoms with Crippen LogP contribution in [0.3, 0.4) is 0 Å². The number of fused-ring (bicyclic) bond motifs is 5. The molecule has 0 saturated heterocycles. The van der Waals surface area contributed by atoms with Crippen LogP contribution in [-0.4, -0.2) is 15.0 Å². The SMILES string of the molecule is c1ccc(-c2nc(-c3ccc(N(c4ccc(-c5cnc6ccccc6c5)cc4)c4ccc(-c5ccc6c(ccc7ccccc76)c5)cc4)cc3)cc3cccnc23)cc1. The van der Waals surface area contributed by atoms with Crippen molar-refractivity contribution in [2.45, 2.75) is 0 Å². The topological polar surface area (TPSA) is 41.9 Å². The Bertz CT molecular complexity index is 3300. The summed E-state index contributed by atoms with van der Waals surface area (Å²) in [6, 6.07) is 73.2. The van der Waals surface area contributed by atoms with E-state index >= 15 is 0 Å². The Hall–Kier alpha value is -7.95. The summed E-state index contributed by atoms with van der Waals surface area (Å²) in [5.41, 5.74) is 13.5. The first-order chi connectivity index (χ1) is 29.2. The third kappa shape index (κ3) is 6.43. The number of aromatic nitrogens is 3. The minimum absolute atomic E-state index is 0.881. The largest absolute Gasteiger partial charge is 0.311 e. The summed E-state index contributed by atoms with van der Waals surface area (Å²) >= 11 is 0. The fraction of sp³-hybridized carbons (Fsp3) is 0. The first kappa shape index (κ1) is 34.3. The van der Waals surface area contributed by atoms with E-state index in [1.165, 1.54) is 32.7 Å². The van der Waals surface area contributed by atoms with E-state index in [1.807, 2.05) is 48.8 Å². The van der Waals surface area contributed by atoms with Gasteiger partial charge in [-0.25, -0.2) is 4.98 Å². The van der Waals surface area contributed by atoms with E-state index < -0.39 is 0 Å². The highest BCUT2D eigenvalue weighted by Crippen LogP contribution is 2.39. The van der Waals surface area contributed by atoms with Crippen LogP contribution >= 0.6 is 0 Å². The highest BCUT2D eigenvalue weighted by atomic mass is 15.1. The lowest BCUT2D eigenvalue weighted by Crippen LogP contribution is -2.09. The smallest absolute Gasteiger partial charge is 0.0972 e. The maximum atomic E-state index is 5.18. The summed E-state index contributed by atoms with van der Waals surface area (Å²) in [6.07, 6.45) is 3.79. The Kier molecular flexibility index (Phi) is 8.45. The van der Waals surface area contributed by atoms with Crippen molar-refractivity contribution in [1.29, 1.82) is 0 Å². The first-order valence-corrected chi connectivity index (χ1v) is 19.9. The Morgan fingerprint density at radius 3 is 1.68 bits per heavy atom. The second kappa shape index (κ2) is 14.5. The van der Waals surface area contributed by atoms with Gasteiger partial charge >= 0.3 is 0 Å². The highest BCUT2D eigenvalue weighted by molar-refractivity contribution is 6.08. The van der Waals surface area contributed by atoms with Gasteiger partial charge in [-0.2, -0.15) is 0 Å². The van der Waals surface area contributed by atoms with E-state index in [1.54, 1.807) is 0 Å². The molecule has 4 nitrogen and oxygen atoms in total. The van der Waals surface area contributed by atoms with Crippen LogP contribution in [0.15, 0.2) is 219 Å². The second-order valence-corrected chi connectivity index (χ2v) is 14.9. The molecule has 3 heterocycles. The van der Waals surface area contributed by atoms with Crippen molar-refractivity contribution < 1.29 is 0 Å². The first-order valence-electron chi connectivity index (χ1n) is 19.9. The summed E-state index contributed by atoms with van der Waals surface area (Å²) < 4.78 is 0. The van der Waals surface area contributed by atoms with E-state index in [9.17, 15) is 0 Å². The zero-order valence-electron chi connectivity index (χ0n) is 32.1. The molecule has 3 aromatic heterocycles. The summed E-state index contributed by atoms with van der Waals surface area (Å²) in [5, 5.41) is 7.23. The molecule has 276 valence electrons. The van der Waals surface area contributed by atoms with E-state index in [2.05, 4.69) is 175 Å². The zero-order valence-corrected chi connectivity index (χ0v) is 32.1. The van der Waals surface area contributed by atoms with Gasteiger partial charge in [0.05, 0.1) is 22.4 Å². The molecule has 0 aliphatic heterocycles. The van der Waals surface area contributed by atoms with Gasteiger partial charge in [0.25, 0.3) is 0 Å². The second-order valence-electron chi connectivity index (χ2n) is 14.9. The number of hydrogen-bond donors (Lipinski definition) is 0. The van der Waals surface area contributed by atoms with Gasteiger partial charge in [-0.1, -0.05) is 140 Å². The van der Waals surface area contributed by atoms with Gasteiger partial charge in [0.1, 0.15) is 0 Å².